The van der Waals surface area contributed by atoms with E-state index in [-0.39, 0.29) is 25.0 Å². The van der Waals surface area contributed by atoms with Gasteiger partial charge in [0.2, 0.25) is 5.91 Å². The molecule has 3 amide bonds. The van der Waals surface area contributed by atoms with Crippen molar-refractivity contribution in [1.29, 1.82) is 0 Å². The van der Waals surface area contributed by atoms with E-state index in [1.807, 2.05) is 32.9 Å². The Morgan fingerprint density at radius 2 is 1.47 bits per heavy atom. The van der Waals surface area contributed by atoms with Gasteiger partial charge in [0.1, 0.15) is 17.9 Å². The molecule has 1 aromatic rings. The molecule has 1 aliphatic heterocycles. The zero-order valence-corrected chi connectivity index (χ0v) is 18.8. The lowest BCUT2D eigenvalue weighted by atomic mass is 10.1. The molecule has 0 atom stereocenters. The minimum absolute atomic E-state index is 0.0285. The van der Waals surface area contributed by atoms with Crippen molar-refractivity contribution in [1.82, 2.24) is 15.1 Å². The zero-order valence-electron chi connectivity index (χ0n) is 18.8. The third-order valence-electron chi connectivity index (χ3n) is 4.98. The summed E-state index contributed by atoms with van der Waals surface area (Å²) in [5.41, 5.74) is 2.54. The van der Waals surface area contributed by atoms with E-state index in [1.165, 1.54) is 0 Å². The third-order valence-corrected chi connectivity index (χ3v) is 4.98. The number of alkyl carbamates (subject to hydrolysis) is 1. The SMILES string of the molecule is Cc1ccc(C)c(OCC(=O)N2CCN(C(=O)CNC(=O)OC(C)(C)C)CC2)c1C. The molecule has 1 N–H and O–H groups in total. The zero-order chi connectivity index (χ0) is 22.5. The van der Waals surface area contributed by atoms with Crippen molar-refractivity contribution in [2.45, 2.75) is 47.1 Å². The van der Waals surface area contributed by atoms with Crippen molar-refractivity contribution in [3.8, 4) is 5.75 Å². The van der Waals surface area contributed by atoms with Gasteiger partial charge in [0.05, 0.1) is 0 Å². The standard InChI is InChI=1S/C22H33N3O5/c1-15-7-8-16(2)20(17(15)3)29-14-19(27)25-11-9-24(10-12-25)18(26)13-23-21(28)30-22(4,5)6/h7-8H,9-14H2,1-6H3,(H,23,28). The largest absolute Gasteiger partial charge is 0.483 e. The highest BCUT2D eigenvalue weighted by atomic mass is 16.6. The van der Waals surface area contributed by atoms with Crippen LogP contribution in [0.1, 0.15) is 37.5 Å². The Hall–Kier alpha value is -2.77. The Labute approximate surface area is 178 Å². The number of aryl methyl sites for hydroxylation is 2. The first-order valence-corrected chi connectivity index (χ1v) is 10.2. The first kappa shape index (κ1) is 23.5. The molecule has 0 spiro atoms. The molecule has 0 saturated carbocycles. The maximum absolute atomic E-state index is 12.5. The van der Waals surface area contributed by atoms with Crippen molar-refractivity contribution in [3.63, 3.8) is 0 Å². The number of hydrogen-bond donors (Lipinski definition) is 1. The van der Waals surface area contributed by atoms with Gasteiger partial charge in [-0.1, -0.05) is 12.1 Å². The Morgan fingerprint density at radius 3 is 2.03 bits per heavy atom. The van der Waals surface area contributed by atoms with Crippen molar-refractivity contribution >= 4 is 17.9 Å². The second-order valence-electron chi connectivity index (χ2n) is 8.56. The van der Waals surface area contributed by atoms with Crippen LogP contribution in [0.5, 0.6) is 5.75 Å². The molecule has 8 nitrogen and oxygen atoms in total. The summed E-state index contributed by atoms with van der Waals surface area (Å²) in [5, 5.41) is 2.47. The number of ether oxygens (including phenoxy) is 2. The number of nitrogens with one attached hydrogen (secondary N) is 1. The van der Waals surface area contributed by atoms with E-state index in [4.69, 9.17) is 9.47 Å². The Bertz CT molecular complexity index is 793. The van der Waals surface area contributed by atoms with Crippen LogP contribution in [0, 0.1) is 20.8 Å². The molecular formula is C22H33N3O5. The first-order valence-electron chi connectivity index (χ1n) is 10.2. The van der Waals surface area contributed by atoms with Gasteiger partial charge in [-0.3, -0.25) is 9.59 Å². The van der Waals surface area contributed by atoms with Crippen LogP contribution in [0.4, 0.5) is 4.79 Å². The number of hydrogen-bond acceptors (Lipinski definition) is 5. The van der Waals surface area contributed by atoms with Gasteiger partial charge in [-0.25, -0.2) is 4.79 Å². The molecule has 1 aliphatic rings. The molecule has 166 valence electrons. The second-order valence-corrected chi connectivity index (χ2v) is 8.56. The fourth-order valence-corrected chi connectivity index (χ4v) is 3.15. The number of carbonyl (C=O) groups excluding carboxylic acids is 3. The van der Waals surface area contributed by atoms with Crippen molar-refractivity contribution in [3.05, 3.63) is 28.8 Å². The molecule has 8 heteroatoms. The monoisotopic (exact) mass is 419 g/mol. The molecule has 1 fully saturated rings. The van der Waals surface area contributed by atoms with Crippen LogP contribution in [0.15, 0.2) is 12.1 Å². The molecular weight excluding hydrogens is 386 g/mol. The number of amides is 3. The maximum atomic E-state index is 12.5. The fraction of sp³-hybridized carbons (Fsp3) is 0.591. The lowest BCUT2D eigenvalue weighted by molar-refractivity contribution is -0.140. The van der Waals surface area contributed by atoms with Gasteiger partial charge < -0.3 is 24.6 Å². The van der Waals surface area contributed by atoms with Crippen LogP contribution in [0.25, 0.3) is 0 Å². The van der Waals surface area contributed by atoms with Crippen molar-refractivity contribution in [2.75, 3.05) is 39.3 Å². The fourth-order valence-electron chi connectivity index (χ4n) is 3.15. The topological polar surface area (TPSA) is 88.2 Å². The predicted octanol–water partition coefficient (Wildman–Crippen LogP) is 2.19. The van der Waals surface area contributed by atoms with Gasteiger partial charge in [-0.2, -0.15) is 0 Å². The molecule has 2 rings (SSSR count). The molecule has 30 heavy (non-hydrogen) atoms. The van der Waals surface area contributed by atoms with Crippen LogP contribution >= 0.6 is 0 Å². The van der Waals surface area contributed by atoms with Crippen molar-refractivity contribution < 1.29 is 23.9 Å². The summed E-state index contributed by atoms with van der Waals surface area (Å²) in [7, 11) is 0. The van der Waals surface area contributed by atoms with Crippen molar-refractivity contribution in [2.24, 2.45) is 0 Å². The lowest BCUT2D eigenvalue weighted by Crippen LogP contribution is -2.53. The molecule has 1 saturated heterocycles. The average molecular weight is 420 g/mol. The van der Waals surface area contributed by atoms with E-state index in [2.05, 4.69) is 5.32 Å². The summed E-state index contributed by atoms with van der Waals surface area (Å²) in [6.07, 6.45) is -0.622. The van der Waals surface area contributed by atoms with E-state index in [0.717, 1.165) is 22.4 Å². The van der Waals surface area contributed by atoms with E-state index in [0.29, 0.717) is 26.2 Å². The Balaban J connectivity index is 1.77. The van der Waals surface area contributed by atoms with Gasteiger partial charge in [0, 0.05) is 26.2 Å². The van der Waals surface area contributed by atoms with Gasteiger partial charge in [-0.15, -0.1) is 0 Å². The molecule has 0 radical (unpaired) electrons. The molecule has 1 aromatic carbocycles. The van der Waals surface area contributed by atoms with Gasteiger partial charge in [0.25, 0.3) is 5.91 Å². The first-order chi connectivity index (χ1) is 14.0. The summed E-state index contributed by atoms with van der Waals surface area (Å²) in [4.78, 5) is 39.8. The molecule has 0 aliphatic carbocycles. The van der Waals surface area contributed by atoms with E-state index in [1.54, 1.807) is 30.6 Å². The Morgan fingerprint density at radius 1 is 0.933 bits per heavy atom. The minimum atomic E-state index is -0.622. The summed E-state index contributed by atoms with van der Waals surface area (Å²) in [6.45, 7) is 12.8. The van der Waals surface area contributed by atoms with Crippen LogP contribution in [-0.4, -0.2) is 72.6 Å². The smallest absolute Gasteiger partial charge is 0.408 e. The molecule has 0 aromatic heterocycles. The van der Waals surface area contributed by atoms with Crippen LogP contribution in [0.2, 0.25) is 0 Å². The lowest BCUT2D eigenvalue weighted by Gasteiger charge is -2.34. The average Bonchev–Trinajstić information content (AvgIpc) is 2.67. The van der Waals surface area contributed by atoms with E-state index < -0.39 is 11.7 Å². The van der Waals surface area contributed by atoms with Gasteiger partial charge >= 0.3 is 6.09 Å². The number of benzene rings is 1. The quantitative estimate of drug-likeness (QED) is 0.790. The van der Waals surface area contributed by atoms with Crippen LogP contribution in [-0.2, 0) is 14.3 Å². The highest BCUT2D eigenvalue weighted by molar-refractivity contribution is 5.83. The highest BCUT2D eigenvalue weighted by Crippen LogP contribution is 2.25. The van der Waals surface area contributed by atoms with Crippen LogP contribution in [0.3, 0.4) is 0 Å². The predicted molar refractivity (Wildman–Crippen MR) is 114 cm³/mol. The second kappa shape index (κ2) is 9.82. The van der Waals surface area contributed by atoms with Crippen LogP contribution < -0.4 is 10.1 Å². The summed E-state index contributed by atoms with van der Waals surface area (Å²) < 4.78 is 10.9. The molecule has 1 heterocycles. The van der Waals surface area contributed by atoms with E-state index in [9.17, 15) is 14.4 Å². The number of carbonyl (C=O) groups is 3. The summed E-state index contributed by atoms with van der Waals surface area (Å²) >= 11 is 0. The summed E-state index contributed by atoms with van der Waals surface area (Å²) in [5.74, 6) is 0.454. The maximum Gasteiger partial charge on any atom is 0.408 e. The number of rotatable bonds is 5. The molecule has 0 unspecified atom stereocenters. The third kappa shape index (κ3) is 6.64. The van der Waals surface area contributed by atoms with Gasteiger partial charge in [0.15, 0.2) is 6.61 Å². The highest BCUT2D eigenvalue weighted by Gasteiger charge is 2.25. The minimum Gasteiger partial charge on any atom is -0.483 e. The Kier molecular flexibility index (Phi) is 7.70. The van der Waals surface area contributed by atoms with Gasteiger partial charge in [-0.05, 0) is 58.2 Å². The number of nitrogens with zero attached hydrogens (tertiary/aromatic N) is 2. The van der Waals surface area contributed by atoms with E-state index >= 15 is 0 Å². The molecule has 0 bridgehead atoms. The normalized spacial score (nSPS) is 14.3. The number of piperazine rings is 1. The summed E-state index contributed by atoms with van der Waals surface area (Å²) in [6, 6.07) is 4.02.